The maximum Gasteiger partial charge on any atom is 0.223 e. The van der Waals surface area contributed by atoms with Crippen LogP contribution < -0.4 is 4.90 Å². The average Bonchev–Trinajstić information content (AvgIpc) is 3.69. The third-order valence-corrected chi connectivity index (χ3v) is 7.48. The van der Waals surface area contributed by atoms with Gasteiger partial charge < -0.3 is 9.80 Å². The zero-order chi connectivity index (χ0) is 22.8. The number of aryl methyl sites for hydroxylation is 1. The van der Waals surface area contributed by atoms with E-state index < -0.39 is 0 Å². The van der Waals surface area contributed by atoms with Crippen molar-refractivity contribution in [3.05, 3.63) is 77.4 Å². The van der Waals surface area contributed by atoms with Crippen LogP contribution in [0.25, 0.3) is 10.8 Å². The molecule has 1 aliphatic heterocycles. The normalized spacial score (nSPS) is 16.6. The van der Waals surface area contributed by atoms with Crippen molar-refractivity contribution in [1.29, 1.82) is 0 Å². The van der Waals surface area contributed by atoms with Crippen LogP contribution in [0.1, 0.15) is 36.0 Å². The third kappa shape index (κ3) is 4.91. The van der Waals surface area contributed by atoms with Crippen molar-refractivity contribution in [3.8, 4) is 0 Å². The van der Waals surface area contributed by atoms with E-state index in [1.54, 1.807) is 0 Å². The van der Waals surface area contributed by atoms with Crippen molar-refractivity contribution < 1.29 is 4.79 Å². The standard InChI is InChI=1S/C29H35N3O/c1-22-7-5-12-28(23(22)2)30-17-19-31(20-18-30)29(33)15-16-32(26-13-14-26)21-25-10-6-9-24-8-3-4-11-27(24)25/h3-12,26H,13-21H2,1-2H3. The molecule has 172 valence electrons. The summed E-state index contributed by atoms with van der Waals surface area (Å²) in [5.41, 5.74) is 5.37. The summed E-state index contributed by atoms with van der Waals surface area (Å²) in [7, 11) is 0. The summed E-state index contributed by atoms with van der Waals surface area (Å²) in [6.07, 6.45) is 3.13. The van der Waals surface area contributed by atoms with Crippen molar-refractivity contribution in [3.63, 3.8) is 0 Å². The van der Waals surface area contributed by atoms with E-state index in [4.69, 9.17) is 0 Å². The largest absolute Gasteiger partial charge is 0.368 e. The Morgan fingerprint density at radius 3 is 2.42 bits per heavy atom. The van der Waals surface area contributed by atoms with Crippen LogP contribution in [-0.2, 0) is 11.3 Å². The van der Waals surface area contributed by atoms with Gasteiger partial charge in [-0.15, -0.1) is 0 Å². The minimum atomic E-state index is 0.305. The lowest BCUT2D eigenvalue weighted by Gasteiger charge is -2.37. The van der Waals surface area contributed by atoms with Crippen molar-refractivity contribution >= 4 is 22.4 Å². The molecule has 1 heterocycles. The lowest BCUT2D eigenvalue weighted by Crippen LogP contribution is -2.49. The number of nitrogens with zero attached hydrogens (tertiary/aromatic N) is 3. The smallest absolute Gasteiger partial charge is 0.223 e. The summed E-state index contributed by atoms with van der Waals surface area (Å²) in [5, 5.41) is 2.63. The maximum atomic E-state index is 13.1. The number of fused-ring (bicyclic) bond motifs is 1. The quantitative estimate of drug-likeness (QED) is 0.507. The lowest BCUT2D eigenvalue weighted by atomic mass is 10.0. The van der Waals surface area contributed by atoms with Crippen LogP contribution in [0.15, 0.2) is 60.7 Å². The van der Waals surface area contributed by atoms with Crippen molar-refractivity contribution in [1.82, 2.24) is 9.80 Å². The molecule has 2 fully saturated rings. The van der Waals surface area contributed by atoms with Crippen molar-refractivity contribution in [2.24, 2.45) is 0 Å². The highest BCUT2D eigenvalue weighted by molar-refractivity contribution is 5.85. The summed E-state index contributed by atoms with van der Waals surface area (Å²) >= 11 is 0. The number of piperazine rings is 1. The van der Waals surface area contributed by atoms with Crippen LogP contribution in [0.5, 0.6) is 0 Å². The molecule has 1 saturated heterocycles. The van der Waals surface area contributed by atoms with Gasteiger partial charge >= 0.3 is 0 Å². The van der Waals surface area contributed by atoms with Gasteiger partial charge in [0.2, 0.25) is 5.91 Å². The van der Waals surface area contributed by atoms with Gasteiger partial charge in [-0.3, -0.25) is 9.69 Å². The second-order valence-electron chi connectivity index (χ2n) is 9.68. The average molecular weight is 442 g/mol. The Morgan fingerprint density at radius 2 is 1.64 bits per heavy atom. The van der Waals surface area contributed by atoms with Gasteiger partial charge in [-0.25, -0.2) is 0 Å². The first-order valence-electron chi connectivity index (χ1n) is 12.4. The maximum absolute atomic E-state index is 13.1. The molecule has 2 aliphatic rings. The Kier molecular flexibility index (Phi) is 6.37. The first-order valence-corrected chi connectivity index (χ1v) is 12.4. The van der Waals surface area contributed by atoms with Crippen LogP contribution in [0.3, 0.4) is 0 Å². The zero-order valence-corrected chi connectivity index (χ0v) is 20.0. The fourth-order valence-electron chi connectivity index (χ4n) is 5.15. The van der Waals surface area contributed by atoms with Gasteiger partial charge in [0, 0.05) is 57.4 Å². The fraction of sp³-hybridized carbons (Fsp3) is 0.414. The Hall–Kier alpha value is -2.85. The zero-order valence-electron chi connectivity index (χ0n) is 20.0. The molecule has 0 aromatic heterocycles. The number of carbonyl (C=O) groups excluding carboxylic acids is 1. The molecule has 0 N–H and O–H groups in total. The SMILES string of the molecule is Cc1cccc(N2CCN(C(=O)CCN(Cc3cccc4ccccc34)C3CC3)CC2)c1C. The second kappa shape index (κ2) is 9.56. The second-order valence-corrected chi connectivity index (χ2v) is 9.68. The van der Waals surface area contributed by atoms with Gasteiger partial charge in [0.05, 0.1) is 0 Å². The number of carbonyl (C=O) groups is 1. The molecular formula is C29H35N3O. The minimum Gasteiger partial charge on any atom is -0.368 e. The highest BCUT2D eigenvalue weighted by Gasteiger charge is 2.30. The van der Waals surface area contributed by atoms with Gasteiger partial charge in [0.1, 0.15) is 0 Å². The number of amides is 1. The summed E-state index contributed by atoms with van der Waals surface area (Å²) in [4.78, 5) is 20.1. The van der Waals surface area contributed by atoms with E-state index in [1.165, 1.54) is 46.0 Å². The van der Waals surface area contributed by atoms with E-state index in [1.807, 2.05) is 0 Å². The van der Waals surface area contributed by atoms with Gasteiger partial charge in [-0.05, 0) is 60.2 Å². The monoisotopic (exact) mass is 441 g/mol. The molecule has 0 unspecified atom stereocenters. The highest BCUT2D eigenvalue weighted by Crippen LogP contribution is 2.30. The molecule has 4 nitrogen and oxygen atoms in total. The molecular weight excluding hydrogens is 406 g/mol. The number of hydrogen-bond donors (Lipinski definition) is 0. The topological polar surface area (TPSA) is 26.8 Å². The molecule has 3 aromatic rings. The van der Waals surface area contributed by atoms with E-state index in [2.05, 4.69) is 89.2 Å². The number of rotatable bonds is 7. The Balaban J connectivity index is 1.17. The van der Waals surface area contributed by atoms with E-state index in [0.717, 1.165) is 39.3 Å². The fourth-order valence-corrected chi connectivity index (χ4v) is 5.15. The van der Waals surface area contributed by atoms with Crippen LogP contribution in [-0.4, -0.2) is 54.5 Å². The molecule has 0 bridgehead atoms. The lowest BCUT2D eigenvalue weighted by molar-refractivity contribution is -0.131. The summed E-state index contributed by atoms with van der Waals surface area (Å²) in [6, 6.07) is 22.4. The molecule has 1 saturated carbocycles. The highest BCUT2D eigenvalue weighted by atomic mass is 16.2. The summed E-state index contributed by atoms with van der Waals surface area (Å²) in [6.45, 7) is 9.62. The molecule has 33 heavy (non-hydrogen) atoms. The van der Waals surface area contributed by atoms with Crippen molar-refractivity contribution in [2.45, 2.75) is 45.7 Å². The minimum absolute atomic E-state index is 0.305. The molecule has 0 radical (unpaired) electrons. The number of anilines is 1. The predicted octanol–water partition coefficient (Wildman–Crippen LogP) is 5.16. The van der Waals surface area contributed by atoms with Gasteiger partial charge in [-0.1, -0.05) is 54.6 Å². The molecule has 0 atom stereocenters. The molecule has 3 aromatic carbocycles. The summed E-state index contributed by atoms with van der Waals surface area (Å²) < 4.78 is 0. The Morgan fingerprint density at radius 1 is 0.909 bits per heavy atom. The van der Waals surface area contributed by atoms with Gasteiger partial charge in [0.15, 0.2) is 0 Å². The molecule has 4 heteroatoms. The first-order chi connectivity index (χ1) is 16.1. The number of benzene rings is 3. The molecule has 1 aliphatic carbocycles. The predicted molar refractivity (Wildman–Crippen MR) is 137 cm³/mol. The molecule has 5 rings (SSSR count). The summed E-state index contributed by atoms with van der Waals surface area (Å²) in [5.74, 6) is 0.305. The van der Waals surface area contributed by atoms with Gasteiger partial charge in [0.25, 0.3) is 0 Å². The third-order valence-electron chi connectivity index (χ3n) is 7.48. The van der Waals surface area contributed by atoms with E-state index in [-0.39, 0.29) is 0 Å². The molecule has 1 amide bonds. The number of hydrogen-bond acceptors (Lipinski definition) is 3. The van der Waals surface area contributed by atoms with Crippen LogP contribution in [0, 0.1) is 13.8 Å². The van der Waals surface area contributed by atoms with E-state index in [9.17, 15) is 4.79 Å². The van der Waals surface area contributed by atoms with E-state index in [0.29, 0.717) is 18.4 Å². The van der Waals surface area contributed by atoms with Gasteiger partial charge in [-0.2, -0.15) is 0 Å². The first kappa shape index (κ1) is 22.0. The Labute approximate surface area is 197 Å². The Bertz CT molecular complexity index is 1120. The van der Waals surface area contributed by atoms with E-state index >= 15 is 0 Å². The molecule has 0 spiro atoms. The van der Waals surface area contributed by atoms with Crippen molar-refractivity contribution in [2.75, 3.05) is 37.6 Å². The van der Waals surface area contributed by atoms with Crippen LogP contribution in [0.2, 0.25) is 0 Å². The van der Waals surface area contributed by atoms with Crippen LogP contribution in [0.4, 0.5) is 5.69 Å². The van der Waals surface area contributed by atoms with Crippen LogP contribution >= 0.6 is 0 Å².